The van der Waals surface area contributed by atoms with Gasteiger partial charge in [0.25, 0.3) is 0 Å². The zero-order valence-electron chi connectivity index (χ0n) is 11.7. The molecule has 2 rings (SSSR count). The molecule has 0 aliphatic carbocycles. The predicted molar refractivity (Wildman–Crippen MR) is 82.3 cm³/mol. The molecule has 1 aliphatic heterocycles. The number of likely N-dealkylation sites (tertiary alicyclic amines) is 1. The molecule has 19 heavy (non-hydrogen) atoms. The fourth-order valence-electron chi connectivity index (χ4n) is 2.80. The average molecular weight is 300 g/mol. The molecule has 1 saturated heterocycles. The molecule has 1 aromatic heterocycles. The Bertz CT molecular complexity index is 432. The molecule has 4 heteroatoms. The van der Waals surface area contributed by atoms with Crippen molar-refractivity contribution in [3.8, 4) is 0 Å². The van der Waals surface area contributed by atoms with Crippen molar-refractivity contribution in [3.05, 3.63) is 21.3 Å². The summed E-state index contributed by atoms with van der Waals surface area (Å²) in [7, 11) is 0. The van der Waals surface area contributed by atoms with Gasteiger partial charge < -0.3 is 0 Å². The van der Waals surface area contributed by atoms with Gasteiger partial charge in [-0.3, -0.25) is 9.69 Å². The van der Waals surface area contributed by atoms with Gasteiger partial charge >= 0.3 is 0 Å². The number of carbonyl (C=O) groups is 1. The van der Waals surface area contributed by atoms with Crippen LogP contribution in [-0.4, -0.2) is 29.8 Å². The van der Waals surface area contributed by atoms with Crippen LogP contribution in [0.2, 0.25) is 4.34 Å². The van der Waals surface area contributed by atoms with E-state index in [9.17, 15) is 4.79 Å². The van der Waals surface area contributed by atoms with Gasteiger partial charge in [0, 0.05) is 0 Å². The van der Waals surface area contributed by atoms with Gasteiger partial charge in [0.1, 0.15) is 0 Å². The molecule has 1 aromatic rings. The minimum absolute atomic E-state index is 0.0228. The van der Waals surface area contributed by atoms with E-state index in [1.54, 1.807) is 0 Å². The largest absolute Gasteiger partial charge is 0.293 e. The first-order valence-electron chi connectivity index (χ1n) is 7.15. The van der Waals surface area contributed by atoms with Gasteiger partial charge in [0.2, 0.25) is 0 Å². The Morgan fingerprint density at radius 3 is 2.89 bits per heavy atom. The Kier molecular flexibility index (Phi) is 5.43. The second-order valence-electron chi connectivity index (χ2n) is 5.39. The number of hydrogen-bond donors (Lipinski definition) is 0. The van der Waals surface area contributed by atoms with Gasteiger partial charge in [-0.1, -0.05) is 24.9 Å². The van der Waals surface area contributed by atoms with Crippen molar-refractivity contribution in [2.75, 3.05) is 13.1 Å². The molecule has 1 fully saturated rings. The summed E-state index contributed by atoms with van der Waals surface area (Å²) in [5, 5.41) is 0. The topological polar surface area (TPSA) is 20.3 Å². The summed E-state index contributed by atoms with van der Waals surface area (Å²) < 4.78 is 0.692. The van der Waals surface area contributed by atoms with Crippen molar-refractivity contribution >= 4 is 28.7 Å². The molecule has 0 radical (unpaired) electrons. The van der Waals surface area contributed by atoms with Crippen LogP contribution in [0.1, 0.15) is 49.2 Å². The standard InChI is InChI=1S/C15H22ClNOS/c1-3-12-5-4-9-17(10-8-12)11(2)15(18)13-6-7-14(16)19-13/h6-7,11-12H,3-5,8-10H2,1-2H3. The molecule has 0 aromatic carbocycles. The second kappa shape index (κ2) is 6.87. The van der Waals surface area contributed by atoms with Gasteiger partial charge in [-0.2, -0.15) is 0 Å². The van der Waals surface area contributed by atoms with E-state index in [1.807, 2.05) is 19.1 Å². The molecule has 2 heterocycles. The number of rotatable bonds is 4. The lowest BCUT2D eigenvalue weighted by Gasteiger charge is -2.26. The van der Waals surface area contributed by atoms with E-state index in [0.717, 1.165) is 23.9 Å². The molecule has 0 N–H and O–H groups in total. The summed E-state index contributed by atoms with van der Waals surface area (Å²) in [6.07, 6.45) is 5.00. The Labute approximate surface area is 124 Å². The SMILES string of the molecule is CCC1CCCN(C(C)C(=O)c2ccc(Cl)s2)CC1. The maximum atomic E-state index is 12.4. The minimum Gasteiger partial charge on any atom is -0.293 e. The predicted octanol–water partition coefficient (Wildman–Crippen LogP) is 4.48. The Morgan fingerprint density at radius 1 is 1.47 bits per heavy atom. The molecule has 0 spiro atoms. The fraction of sp³-hybridized carbons (Fsp3) is 0.667. The van der Waals surface area contributed by atoms with Crippen LogP contribution in [0.4, 0.5) is 0 Å². The molecule has 2 atom stereocenters. The first kappa shape index (κ1) is 15.0. The summed E-state index contributed by atoms with van der Waals surface area (Å²) in [5.41, 5.74) is 0. The monoisotopic (exact) mass is 299 g/mol. The lowest BCUT2D eigenvalue weighted by molar-refractivity contribution is 0.0845. The van der Waals surface area contributed by atoms with Gasteiger partial charge in [-0.05, 0) is 57.3 Å². The highest BCUT2D eigenvalue weighted by Crippen LogP contribution is 2.26. The Hall–Kier alpha value is -0.380. The van der Waals surface area contributed by atoms with Gasteiger partial charge in [-0.25, -0.2) is 0 Å². The molecule has 1 aliphatic rings. The van der Waals surface area contributed by atoms with Crippen LogP contribution in [0.5, 0.6) is 0 Å². The van der Waals surface area contributed by atoms with Crippen LogP contribution in [-0.2, 0) is 0 Å². The van der Waals surface area contributed by atoms with E-state index in [1.165, 1.54) is 37.0 Å². The van der Waals surface area contributed by atoms with Crippen LogP contribution in [0.15, 0.2) is 12.1 Å². The summed E-state index contributed by atoms with van der Waals surface area (Å²) in [6, 6.07) is 3.63. The van der Waals surface area contributed by atoms with Crippen molar-refractivity contribution in [2.45, 2.75) is 45.6 Å². The number of hydrogen-bond acceptors (Lipinski definition) is 3. The normalized spacial score (nSPS) is 23.0. The van der Waals surface area contributed by atoms with Crippen LogP contribution in [0.3, 0.4) is 0 Å². The summed E-state index contributed by atoms with van der Waals surface area (Å²) >= 11 is 7.30. The van der Waals surface area contributed by atoms with Gasteiger partial charge in [0.15, 0.2) is 5.78 Å². The molecule has 0 bridgehead atoms. The Morgan fingerprint density at radius 2 is 2.26 bits per heavy atom. The van der Waals surface area contributed by atoms with E-state index in [0.29, 0.717) is 4.34 Å². The van der Waals surface area contributed by atoms with Crippen molar-refractivity contribution < 1.29 is 4.79 Å². The van der Waals surface area contributed by atoms with E-state index in [4.69, 9.17) is 11.6 Å². The number of ketones is 1. The molecule has 2 unspecified atom stereocenters. The summed E-state index contributed by atoms with van der Waals surface area (Å²) in [4.78, 5) is 15.6. The minimum atomic E-state index is -0.0228. The van der Waals surface area contributed by atoms with Gasteiger partial charge in [-0.15, -0.1) is 11.3 Å². The number of thiophene rings is 1. The lowest BCUT2D eigenvalue weighted by Crippen LogP contribution is -2.39. The third-order valence-electron chi connectivity index (χ3n) is 4.20. The zero-order chi connectivity index (χ0) is 13.8. The smallest absolute Gasteiger partial charge is 0.189 e. The third kappa shape index (κ3) is 3.80. The van der Waals surface area contributed by atoms with Crippen molar-refractivity contribution in [2.24, 2.45) is 5.92 Å². The van der Waals surface area contributed by atoms with Crippen LogP contribution < -0.4 is 0 Å². The first-order chi connectivity index (χ1) is 9.11. The van der Waals surface area contributed by atoms with E-state index in [-0.39, 0.29) is 11.8 Å². The van der Waals surface area contributed by atoms with Gasteiger partial charge in [0.05, 0.1) is 15.3 Å². The zero-order valence-corrected chi connectivity index (χ0v) is 13.3. The van der Waals surface area contributed by atoms with Crippen molar-refractivity contribution in [1.29, 1.82) is 0 Å². The molecular formula is C15H22ClNOS. The van der Waals surface area contributed by atoms with Crippen molar-refractivity contribution in [3.63, 3.8) is 0 Å². The molecule has 0 saturated carbocycles. The summed E-state index contributed by atoms with van der Waals surface area (Å²) in [5.74, 6) is 1.05. The van der Waals surface area contributed by atoms with Crippen LogP contribution in [0, 0.1) is 5.92 Å². The highest BCUT2D eigenvalue weighted by Gasteiger charge is 2.25. The van der Waals surface area contributed by atoms with Crippen LogP contribution >= 0.6 is 22.9 Å². The van der Waals surface area contributed by atoms with E-state index >= 15 is 0 Å². The third-order valence-corrected chi connectivity index (χ3v) is 5.45. The fourth-order valence-corrected chi connectivity index (χ4v) is 3.87. The maximum Gasteiger partial charge on any atom is 0.189 e. The van der Waals surface area contributed by atoms with Crippen LogP contribution in [0.25, 0.3) is 0 Å². The highest BCUT2D eigenvalue weighted by molar-refractivity contribution is 7.18. The average Bonchev–Trinajstić information content (AvgIpc) is 2.71. The number of nitrogens with zero attached hydrogens (tertiary/aromatic N) is 1. The second-order valence-corrected chi connectivity index (χ2v) is 7.10. The highest BCUT2D eigenvalue weighted by atomic mass is 35.5. The van der Waals surface area contributed by atoms with E-state index < -0.39 is 0 Å². The molecular weight excluding hydrogens is 278 g/mol. The molecule has 2 nitrogen and oxygen atoms in total. The molecule has 106 valence electrons. The van der Waals surface area contributed by atoms with E-state index in [2.05, 4.69) is 11.8 Å². The number of carbonyl (C=O) groups excluding carboxylic acids is 1. The first-order valence-corrected chi connectivity index (χ1v) is 8.35. The maximum absolute atomic E-state index is 12.4. The Balaban J connectivity index is 1.99. The molecule has 0 amide bonds. The number of halogens is 1. The lowest BCUT2D eigenvalue weighted by atomic mass is 9.98. The van der Waals surface area contributed by atoms with Crippen molar-refractivity contribution in [1.82, 2.24) is 4.90 Å². The number of Topliss-reactive ketones (excluding diaryl/α,β-unsaturated/α-hetero) is 1. The summed E-state index contributed by atoms with van der Waals surface area (Å²) in [6.45, 7) is 6.39. The quantitative estimate of drug-likeness (QED) is 0.764.